The summed E-state index contributed by atoms with van der Waals surface area (Å²) in [5, 5.41) is 0.433. The van der Waals surface area contributed by atoms with Gasteiger partial charge in [0, 0.05) is 28.9 Å². The molecule has 2 saturated heterocycles. The summed E-state index contributed by atoms with van der Waals surface area (Å²) in [6.07, 6.45) is 3.04. The van der Waals surface area contributed by atoms with Crippen molar-refractivity contribution < 1.29 is 14.4 Å². The first-order valence-electron chi connectivity index (χ1n) is 12.3. The summed E-state index contributed by atoms with van der Waals surface area (Å²) in [6.45, 7) is 1.35. The molecule has 2 fully saturated rings. The van der Waals surface area contributed by atoms with Gasteiger partial charge in [-0.3, -0.25) is 23.7 Å². The predicted molar refractivity (Wildman–Crippen MR) is 144 cm³/mol. The second-order valence-electron chi connectivity index (χ2n) is 9.51. The third-order valence-electron chi connectivity index (χ3n) is 7.29. The number of carbonyl (C=O) groups is 3. The zero-order valence-electron chi connectivity index (χ0n) is 19.8. The van der Waals surface area contributed by atoms with Crippen LogP contribution in [-0.2, 0) is 20.9 Å². The van der Waals surface area contributed by atoms with Crippen LogP contribution in [-0.4, -0.2) is 45.5 Å². The molecule has 2 aromatic carbocycles. The van der Waals surface area contributed by atoms with E-state index in [0.29, 0.717) is 28.8 Å². The fourth-order valence-electron chi connectivity index (χ4n) is 5.50. The van der Waals surface area contributed by atoms with Gasteiger partial charge in [0.2, 0.25) is 17.7 Å². The summed E-state index contributed by atoms with van der Waals surface area (Å²) in [4.78, 5) is 57.4. The SMILES string of the molecule is O=C(Cn1c2c(sc1=O)[C@@H](c1ccccc1)[C@H]1C(=O)N(c3ccc(Cl)cc3)C(=O)[C@H]1S2)N1CCCCC1. The van der Waals surface area contributed by atoms with E-state index in [9.17, 15) is 19.2 Å². The molecule has 0 unspecified atom stereocenters. The molecule has 0 spiro atoms. The number of thioether (sulfide) groups is 1. The van der Waals surface area contributed by atoms with Gasteiger partial charge in [0.15, 0.2) is 0 Å². The average Bonchev–Trinajstić information content (AvgIpc) is 3.36. The number of piperidine rings is 1. The molecule has 37 heavy (non-hydrogen) atoms. The Morgan fingerprint density at radius 3 is 2.32 bits per heavy atom. The summed E-state index contributed by atoms with van der Waals surface area (Å²) < 4.78 is 1.51. The molecular weight excluding hydrogens is 530 g/mol. The van der Waals surface area contributed by atoms with Crippen molar-refractivity contribution in [1.82, 2.24) is 9.47 Å². The quantitative estimate of drug-likeness (QED) is 0.448. The van der Waals surface area contributed by atoms with Crippen LogP contribution in [0.2, 0.25) is 5.02 Å². The Kier molecular flexibility index (Phi) is 6.46. The highest BCUT2D eigenvalue weighted by Crippen LogP contribution is 2.53. The van der Waals surface area contributed by atoms with Crippen LogP contribution in [0.4, 0.5) is 5.69 Å². The van der Waals surface area contributed by atoms with Crippen molar-refractivity contribution >= 4 is 58.1 Å². The van der Waals surface area contributed by atoms with Crippen molar-refractivity contribution in [2.45, 2.75) is 42.0 Å². The van der Waals surface area contributed by atoms with Crippen LogP contribution in [0.25, 0.3) is 0 Å². The minimum atomic E-state index is -0.703. The molecule has 0 bridgehead atoms. The number of hydrogen-bond donors (Lipinski definition) is 0. The number of likely N-dealkylation sites (tertiary alicyclic amines) is 1. The van der Waals surface area contributed by atoms with Crippen molar-refractivity contribution in [3.05, 3.63) is 79.7 Å². The Hall–Kier alpha value is -2.88. The Balaban J connectivity index is 1.42. The Labute approximate surface area is 227 Å². The lowest BCUT2D eigenvalue weighted by Gasteiger charge is -2.31. The second-order valence-corrected chi connectivity index (χ2v) is 12.1. The number of carbonyl (C=O) groups excluding carboxylic acids is 3. The standard InChI is InChI=1S/C27H24ClN3O4S2/c28-17-9-11-18(12-10-17)31-24(33)21-20(16-7-3-1-4-8-16)23-26(36-22(21)25(31)34)30(27(35)37-23)15-19(32)29-13-5-2-6-14-29/h1,3-4,7-12,20-22H,2,5-6,13-15H2/t20-,21+,22-/m0/s1. The number of hydrogen-bond acceptors (Lipinski definition) is 6. The summed E-state index contributed by atoms with van der Waals surface area (Å²) >= 11 is 8.35. The van der Waals surface area contributed by atoms with Crippen molar-refractivity contribution in [2.24, 2.45) is 5.92 Å². The molecule has 4 heterocycles. The number of aromatic nitrogens is 1. The van der Waals surface area contributed by atoms with E-state index in [2.05, 4.69) is 0 Å². The maximum Gasteiger partial charge on any atom is 0.308 e. The zero-order valence-corrected chi connectivity index (χ0v) is 22.2. The fourth-order valence-corrected chi connectivity index (χ4v) is 8.40. The largest absolute Gasteiger partial charge is 0.341 e. The highest BCUT2D eigenvalue weighted by molar-refractivity contribution is 8.00. The van der Waals surface area contributed by atoms with E-state index in [0.717, 1.165) is 41.0 Å². The predicted octanol–water partition coefficient (Wildman–Crippen LogP) is 4.37. The molecule has 0 saturated carbocycles. The molecule has 10 heteroatoms. The lowest BCUT2D eigenvalue weighted by Crippen LogP contribution is -2.39. The lowest BCUT2D eigenvalue weighted by molar-refractivity contribution is -0.133. The molecular formula is C27H24ClN3O4S2. The molecule has 3 amide bonds. The van der Waals surface area contributed by atoms with Gasteiger partial charge in [0.05, 0.1) is 16.6 Å². The van der Waals surface area contributed by atoms with Gasteiger partial charge >= 0.3 is 4.87 Å². The smallest absolute Gasteiger partial charge is 0.308 e. The van der Waals surface area contributed by atoms with E-state index in [1.807, 2.05) is 35.2 Å². The third kappa shape index (κ3) is 4.23. The number of halogens is 1. The normalized spacial score (nSPS) is 23.2. The van der Waals surface area contributed by atoms with E-state index >= 15 is 0 Å². The minimum Gasteiger partial charge on any atom is -0.341 e. The Morgan fingerprint density at radius 1 is 0.919 bits per heavy atom. The molecule has 3 atom stereocenters. The fraction of sp³-hybridized carbons (Fsp3) is 0.333. The first kappa shape index (κ1) is 24.5. The van der Waals surface area contributed by atoms with E-state index < -0.39 is 17.1 Å². The van der Waals surface area contributed by atoms with Crippen molar-refractivity contribution in [2.75, 3.05) is 18.0 Å². The van der Waals surface area contributed by atoms with Crippen LogP contribution in [0, 0.1) is 5.92 Å². The monoisotopic (exact) mass is 553 g/mol. The first-order valence-corrected chi connectivity index (χ1v) is 14.4. The number of benzene rings is 2. The van der Waals surface area contributed by atoms with Crippen LogP contribution in [0.5, 0.6) is 0 Å². The Bertz CT molecular complexity index is 1430. The molecule has 0 N–H and O–H groups in total. The average molecular weight is 554 g/mol. The molecule has 7 nitrogen and oxygen atoms in total. The highest BCUT2D eigenvalue weighted by atomic mass is 35.5. The molecule has 6 rings (SSSR count). The van der Waals surface area contributed by atoms with Gasteiger partial charge in [0.25, 0.3) is 0 Å². The molecule has 0 radical (unpaired) electrons. The van der Waals surface area contributed by atoms with Gasteiger partial charge in [-0.2, -0.15) is 0 Å². The summed E-state index contributed by atoms with van der Waals surface area (Å²) in [5.74, 6) is -1.81. The summed E-state index contributed by atoms with van der Waals surface area (Å²) in [5.41, 5.74) is 1.34. The van der Waals surface area contributed by atoms with Crippen LogP contribution >= 0.6 is 34.7 Å². The maximum absolute atomic E-state index is 13.8. The number of imide groups is 1. The zero-order chi connectivity index (χ0) is 25.7. The number of amides is 3. The number of anilines is 1. The first-order chi connectivity index (χ1) is 17.9. The minimum absolute atomic E-state index is 0.0560. The lowest BCUT2D eigenvalue weighted by atomic mass is 9.83. The van der Waals surface area contributed by atoms with E-state index in [1.54, 1.807) is 24.3 Å². The number of fused-ring (bicyclic) bond motifs is 2. The topological polar surface area (TPSA) is 79.7 Å². The van der Waals surface area contributed by atoms with Gasteiger partial charge in [0.1, 0.15) is 11.8 Å². The maximum atomic E-state index is 13.8. The van der Waals surface area contributed by atoms with E-state index in [4.69, 9.17) is 11.6 Å². The molecule has 3 aliphatic rings. The van der Waals surface area contributed by atoms with Crippen molar-refractivity contribution in [3.8, 4) is 0 Å². The van der Waals surface area contributed by atoms with Gasteiger partial charge in [-0.25, -0.2) is 4.90 Å². The van der Waals surface area contributed by atoms with Gasteiger partial charge in [-0.05, 0) is 49.1 Å². The van der Waals surface area contributed by atoms with Crippen LogP contribution in [0.15, 0.2) is 64.4 Å². The highest BCUT2D eigenvalue weighted by Gasteiger charge is 2.56. The van der Waals surface area contributed by atoms with Gasteiger partial charge in [-0.1, -0.05) is 65.0 Å². The summed E-state index contributed by atoms with van der Waals surface area (Å²) in [6, 6.07) is 16.2. The van der Waals surface area contributed by atoms with E-state index in [1.165, 1.54) is 21.2 Å². The van der Waals surface area contributed by atoms with Crippen molar-refractivity contribution in [3.63, 3.8) is 0 Å². The molecule has 190 valence electrons. The summed E-state index contributed by atoms with van der Waals surface area (Å²) in [7, 11) is 0. The van der Waals surface area contributed by atoms with Crippen molar-refractivity contribution in [1.29, 1.82) is 0 Å². The number of thiazole rings is 1. The molecule has 3 aromatic rings. The number of nitrogens with zero attached hydrogens (tertiary/aromatic N) is 3. The van der Waals surface area contributed by atoms with Gasteiger partial charge in [-0.15, -0.1) is 0 Å². The Morgan fingerprint density at radius 2 is 1.62 bits per heavy atom. The van der Waals surface area contributed by atoms with E-state index in [-0.39, 0.29) is 29.1 Å². The molecule has 3 aliphatic heterocycles. The number of rotatable bonds is 4. The van der Waals surface area contributed by atoms with Crippen LogP contribution in [0.3, 0.4) is 0 Å². The molecule has 0 aliphatic carbocycles. The molecule has 1 aromatic heterocycles. The van der Waals surface area contributed by atoms with Crippen LogP contribution in [0.1, 0.15) is 35.6 Å². The van der Waals surface area contributed by atoms with Crippen LogP contribution < -0.4 is 9.77 Å². The second kappa shape index (κ2) is 9.78. The third-order valence-corrected chi connectivity index (χ3v) is 10.2. The van der Waals surface area contributed by atoms with Gasteiger partial charge < -0.3 is 4.90 Å².